The number of nitrogens with one attached hydrogen (secondary N) is 3. The van der Waals surface area contributed by atoms with Gasteiger partial charge in [0.1, 0.15) is 0 Å². The number of allylic oxidation sites excluding steroid dienone is 2. The third kappa shape index (κ3) is 9.13. The second-order valence-electron chi connectivity index (χ2n) is 16.2. The summed E-state index contributed by atoms with van der Waals surface area (Å²) in [6, 6.07) is 0. The van der Waals surface area contributed by atoms with Crippen LogP contribution in [0, 0.1) is 46.3 Å². The molecule has 0 saturated heterocycles. The van der Waals surface area contributed by atoms with Crippen molar-refractivity contribution in [1.82, 2.24) is 16.0 Å². The van der Waals surface area contributed by atoms with E-state index in [2.05, 4.69) is 36.7 Å². The van der Waals surface area contributed by atoms with Crippen molar-refractivity contribution in [2.75, 3.05) is 45.8 Å². The Labute approximate surface area is 275 Å². The van der Waals surface area contributed by atoms with Gasteiger partial charge in [-0.1, -0.05) is 31.9 Å². The number of unbranched alkanes of at least 4 members (excludes halogenated alkanes) is 1. The molecule has 0 spiro atoms. The van der Waals surface area contributed by atoms with E-state index in [4.69, 9.17) is 5.73 Å². The molecule has 4 fully saturated rings. The fourth-order valence-corrected chi connectivity index (χ4v) is 10.6. The maximum atomic E-state index is 11.8. The molecule has 45 heavy (non-hydrogen) atoms. The Hall–Kier alpha value is -0.990. The van der Waals surface area contributed by atoms with Crippen molar-refractivity contribution in [2.45, 2.75) is 130 Å². The summed E-state index contributed by atoms with van der Waals surface area (Å²) in [6.07, 6.45) is 17.1. The summed E-state index contributed by atoms with van der Waals surface area (Å²) in [7, 11) is 0. The third-order valence-corrected chi connectivity index (χ3v) is 13.4. The average Bonchev–Trinajstić information content (AvgIpc) is 3.37. The maximum Gasteiger partial charge on any atom is 0.306 e. The van der Waals surface area contributed by atoms with Crippen molar-refractivity contribution in [3.8, 4) is 0 Å². The summed E-state index contributed by atoms with van der Waals surface area (Å²) in [4.78, 5) is 11.3. The normalized spacial score (nSPS) is 36.2. The van der Waals surface area contributed by atoms with Gasteiger partial charge in [0.15, 0.2) is 0 Å². The molecule has 0 heterocycles. The third-order valence-electron chi connectivity index (χ3n) is 13.4. The molecular weight excluding hydrogens is 560 g/mol. The van der Waals surface area contributed by atoms with E-state index in [0.717, 1.165) is 83.8 Å². The van der Waals surface area contributed by atoms with Crippen LogP contribution < -0.4 is 21.7 Å². The van der Waals surface area contributed by atoms with Crippen molar-refractivity contribution in [2.24, 2.45) is 52.1 Å². The van der Waals surface area contributed by atoms with E-state index in [0.29, 0.717) is 29.1 Å². The molecule has 260 valence electrons. The first-order valence-corrected chi connectivity index (χ1v) is 19.0. The topological polar surface area (TPSA) is 120 Å². The highest BCUT2D eigenvalue weighted by Crippen LogP contribution is 2.68. The molecule has 0 aromatic rings. The van der Waals surface area contributed by atoms with Gasteiger partial charge in [0.2, 0.25) is 0 Å². The Balaban J connectivity index is 1.19. The van der Waals surface area contributed by atoms with Crippen LogP contribution in [0.3, 0.4) is 0 Å². The summed E-state index contributed by atoms with van der Waals surface area (Å²) in [5, 5.41) is 31.9. The Morgan fingerprint density at radius 2 is 1.60 bits per heavy atom. The van der Waals surface area contributed by atoms with Crippen molar-refractivity contribution in [1.29, 1.82) is 0 Å². The molecule has 0 aliphatic heterocycles. The van der Waals surface area contributed by atoms with Crippen LogP contribution in [-0.4, -0.2) is 68.1 Å². The summed E-state index contributed by atoms with van der Waals surface area (Å²) in [5.74, 6) is 2.15. The van der Waals surface area contributed by atoms with E-state index in [9.17, 15) is 15.0 Å². The molecule has 0 aromatic carbocycles. The minimum absolute atomic E-state index is 0.159. The van der Waals surface area contributed by atoms with E-state index in [-0.39, 0.29) is 17.4 Å². The first-order valence-electron chi connectivity index (χ1n) is 19.0. The maximum absolute atomic E-state index is 11.8. The SMILES string of the molecule is C/C(CCCC(C)C(=O)O)=C1/CCC2C3C(CC[C@]12C)[C@@]1(C)CC[C@H](CNCCCNCCCCNCCCN)C[C@@H]1C[C@H]3O. The molecule has 4 unspecified atom stereocenters. The summed E-state index contributed by atoms with van der Waals surface area (Å²) >= 11 is 0. The molecule has 4 saturated carbocycles. The predicted molar refractivity (Wildman–Crippen MR) is 186 cm³/mol. The summed E-state index contributed by atoms with van der Waals surface area (Å²) < 4.78 is 0. The Bertz CT molecular complexity index is 957. The number of aliphatic hydroxyl groups excluding tert-OH is 1. The number of fused-ring (bicyclic) bond motifs is 5. The zero-order valence-corrected chi connectivity index (χ0v) is 29.5. The average molecular weight is 631 g/mol. The van der Waals surface area contributed by atoms with Crippen LogP contribution in [0.15, 0.2) is 11.1 Å². The summed E-state index contributed by atoms with van der Waals surface area (Å²) in [5.41, 5.74) is 9.29. The van der Waals surface area contributed by atoms with Gasteiger partial charge in [-0.15, -0.1) is 0 Å². The lowest BCUT2D eigenvalue weighted by Crippen LogP contribution is -2.58. The smallest absolute Gasteiger partial charge is 0.306 e. The molecule has 4 rings (SSSR count). The molecule has 4 aliphatic rings. The lowest BCUT2D eigenvalue weighted by molar-refractivity contribution is -0.159. The van der Waals surface area contributed by atoms with Gasteiger partial charge in [-0.3, -0.25) is 4.79 Å². The van der Waals surface area contributed by atoms with Crippen LogP contribution in [0.4, 0.5) is 0 Å². The lowest BCUT2D eigenvalue weighted by Gasteiger charge is -2.62. The van der Waals surface area contributed by atoms with Crippen LogP contribution in [-0.2, 0) is 4.79 Å². The van der Waals surface area contributed by atoms with E-state index < -0.39 is 5.97 Å². The Morgan fingerprint density at radius 3 is 2.31 bits per heavy atom. The van der Waals surface area contributed by atoms with Crippen LogP contribution in [0.2, 0.25) is 0 Å². The van der Waals surface area contributed by atoms with Gasteiger partial charge in [-0.05, 0) is 189 Å². The number of rotatable bonds is 19. The molecule has 7 heteroatoms. The summed E-state index contributed by atoms with van der Waals surface area (Å²) in [6.45, 7) is 16.6. The van der Waals surface area contributed by atoms with Gasteiger partial charge in [0.25, 0.3) is 0 Å². The zero-order valence-electron chi connectivity index (χ0n) is 29.5. The van der Waals surface area contributed by atoms with Gasteiger partial charge >= 0.3 is 5.97 Å². The van der Waals surface area contributed by atoms with Gasteiger partial charge in [-0.25, -0.2) is 0 Å². The number of hydrogen-bond donors (Lipinski definition) is 6. The zero-order chi connectivity index (χ0) is 32.5. The van der Waals surface area contributed by atoms with Crippen molar-refractivity contribution in [3.63, 3.8) is 0 Å². The number of hydrogen-bond acceptors (Lipinski definition) is 6. The molecule has 0 amide bonds. The highest BCUT2D eigenvalue weighted by Gasteiger charge is 2.61. The fourth-order valence-electron chi connectivity index (χ4n) is 10.6. The predicted octanol–water partition coefficient (Wildman–Crippen LogP) is 6.11. The van der Waals surface area contributed by atoms with Gasteiger partial charge in [-0.2, -0.15) is 0 Å². The molecule has 0 radical (unpaired) electrons. The fraction of sp³-hybridized carbons (Fsp3) is 0.921. The number of carboxylic acids is 1. The van der Waals surface area contributed by atoms with Crippen LogP contribution in [0.1, 0.15) is 124 Å². The van der Waals surface area contributed by atoms with Crippen molar-refractivity contribution >= 4 is 5.97 Å². The highest BCUT2D eigenvalue weighted by molar-refractivity contribution is 5.69. The number of aliphatic hydroxyl groups is 1. The van der Waals surface area contributed by atoms with E-state index >= 15 is 0 Å². The Kier molecular flexibility index (Phi) is 14.3. The van der Waals surface area contributed by atoms with Crippen molar-refractivity contribution in [3.05, 3.63) is 11.1 Å². The molecule has 0 bridgehead atoms. The minimum Gasteiger partial charge on any atom is -0.481 e. The molecule has 7 nitrogen and oxygen atoms in total. The number of nitrogens with two attached hydrogens (primary N) is 1. The number of carbonyl (C=O) groups is 1. The monoisotopic (exact) mass is 631 g/mol. The van der Waals surface area contributed by atoms with Crippen molar-refractivity contribution < 1.29 is 15.0 Å². The van der Waals surface area contributed by atoms with E-state index in [1.165, 1.54) is 69.8 Å². The molecule has 4 aliphatic carbocycles. The van der Waals surface area contributed by atoms with Gasteiger partial charge in [0.05, 0.1) is 12.0 Å². The van der Waals surface area contributed by atoms with Crippen LogP contribution >= 0.6 is 0 Å². The molecule has 9 atom stereocenters. The first-order chi connectivity index (χ1) is 21.6. The van der Waals surface area contributed by atoms with Gasteiger partial charge < -0.3 is 31.9 Å². The van der Waals surface area contributed by atoms with E-state index in [1.807, 2.05) is 6.92 Å². The van der Waals surface area contributed by atoms with Gasteiger partial charge in [0, 0.05) is 0 Å². The standard InChI is InChI=1S/C38H70N4O3/c1-27(10-7-11-28(2)36(44)45)31-12-13-32-35-33(15-17-38(31,32)4)37(3)16-14-29(24-30(37)25-34(35)43)26-42-23-9-22-41-20-6-5-19-40-21-8-18-39/h28-30,32-35,40-43H,5-26,39H2,1-4H3,(H,44,45)/b31-27+/t28?,29-,30+,32?,33?,34+,35?,37-,38+/m0/s1. The lowest BCUT2D eigenvalue weighted by atomic mass is 9.44. The molecule has 0 aromatic heterocycles. The Morgan fingerprint density at radius 1 is 0.911 bits per heavy atom. The second-order valence-corrected chi connectivity index (χ2v) is 16.2. The largest absolute Gasteiger partial charge is 0.481 e. The molecular formula is C38H70N4O3. The quantitative estimate of drug-likeness (QED) is 0.0753. The number of carboxylic acid groups (broad SMARTS) is 1. The molecule has 7 N–H and O–H groups in total. The first kappa shape index (κ1) is 36.8. The van der Waals surface area contributed by atoms with Crippen LogP contribution in [0.25, 0.3) is 0 Å². The second kappa shape index (κ2) is 17.4. The van der Waals surface area contributed by atoms with E-state index in [1.54, 1.807) is 5.57 Å². The highest BCUT2D eigenvalue weighted by atomic mass is 16.4. The minimum atomic E-state index is -0.678. The van der Waals surface area contributed by atoms with Crippen LogP contribution in [0.5, 0.6) is 0 Å². The number of aliphatic carboxylic acids is 1.